The normalized spacial score (nSPS) is 14.5. The van der Waals surface area contributed by atoms with Gasteiger partial charge < -0.3 is 24.3 Å². The van der Waals surface area contributed by atoms with E-state index in [4.69, 9.17) is 0 Å². The first-order valence-electron chi connectivity index (χ1n) is 8.85. The van der Waals surface area contributed by atoms with Crippen molar-refractivity contribution in [2.45, 2.75) is 42.5 Å². The van der Waals surface area contributed by atoms with Gasteiger partial charge in [0.2, 0.25) is 0 Å². The number of carboxylic acids is 2. The zero-order valence-electron chi connectivity index (χ0n) is 17.1. The molecule has 0 aromatic rings. The highest BCUT2D eigenvalue weighted by Gasteiger charge is 2.85. The first kappa shape index (κ1) is 31.2. The van der Waals surface area contributed by atoms with E-state index in [2.05, 4.69) is 0 Å². The summed E-state index contributed by atoms with van der Waals surface area (Å²) in [7, 11) is -4.20. The second-order valence-corrected chi connectivity index (χ2v) is 9.53. The van der Waals surface area contributed by atoms with E-state index >= 15 is 0 Å². The van der Waals surface area contributed by atoms with Crippen molar-refractivity contribution in [3.63, 3.8) is 0 Å². The highest BCUT2D eigenvalue weighted by Crippen LogP contribution is 2.55. The maximum absolute atomic E-state index is 14.1. The molecule has 0 aromatic heterocycles. The van der Waals surface area contributed by atoms with Crippen molar-refractivity contribution in [2.75, 3.05) is 40.3 Å². The van der Waals surface area contributed by atoms with Crippen molar-refractivity contribution < 1.29 is 72.2 Å². The van der Waals surface area contributed by atoms with Crippen molar-refractivity contribution in [1.29, 1.82) is 0 Å². The van der Waals surface area contributed by atoms with Gasteiger partial charge in [-0.15, -0.1) is 0 Å². The third-order valence-electron chi connectivity index (χ3n) is 4.44. The molecule has 0 aliphatic heterocycles. The number of hydrogen-bond donors (Lipinski definition) is 0. The Labute approximate surface area is 182 Å². The number of rotatable bonds is 14. The minimum atomic E-state index is -7.46. The Kier molecular flexibility index (Phi) is 9.64. The van der Waals surface area contributed by atoms with E-state index in [0.717, 1.165) is 0 Å². The summed E-state index contributed by atoms with van der Waals surface area (Å²) in [6, 6.07) is 0. The van der Waals surface area contributed by atoms with E-state index < -0.39 is 81.9 Å². The Morgan fingerprint density at radius 2 is 1.24 bits per heavy atom. The molecule has 196 valence electrons. The summed E-state index contributed by atoms with van der Waals surface area (Å²) in [4.78, 5) is 21.0. The van der Waals surface area contributed by atoms with Crippen LogP contribution in [0.25, 0.3) is 0 Å². The number of carbonyl (C=O) groups excluding carboxylic acids is 2. The van der Waals surface area contributed by atoms with E-state index in [1.807, 2.05) is 0 Å². The highest BCUT2D eigenvalue weighted by molar-refractivity contribution is 7.90. The van der Waals surface area contributed by atoms with E-state index in [1.165, 1.54) is 14.1 Å². The van der Waals surface area contributed by atoms with Gasteiger partial charge in [0.15, 0.2) is 0 Å². The molecule has 0 saturated heterocycles. The van der Waals surface area contributed by atoms with Crippen molar-refractivity contribution in [3.8, 4) is 0 Å². The lowest BCUT2D eigenvalue weighted by Crippen LogP contribution is -2.65. The second kappa shape index (κ2) is 10.2. The van der Waals surface area contributed by atoms with Gasteiger partial charge in [-0.2, -0.15) is 43.8 Å². The van der Waals surface area contributed by atoms with Crippen molar-refractivity contribution >= 4 is 22.0 Å². The van der Waals surface area contributed by atoms with Crippen LogP contribution in [0.4, 0.5) is 39.5 Å². The average molecular weight is 527 g/mol. The number of carbonyl (C=O) groups is 2. The van der Waals surface area contributed by atoms with Gasteiger partial charge in [0.25, 0.3) is 10.0 Å². The second-order valence-electron chi connectivity index (χ2n) is 7.55. The van der Waals surface area contributed by atoms with Gasteiger partial charge in [-0.1, -0.05) is 0 Å². The quantitative estimate of drug-likeness (QED) is 0.228. The van der Waals surface area contributed by atoms with E-state index in [-0.39, 0.29) is 17.6 Å². The summed E-state index contributed by atoms with van der Waals surface area (Å²) >= 11 is 0. The monoisotopic (exact) mass is 527 g/mol. The largest absolute Gasteiger partial charge is 0.550 e. The lowest BCUT2D eigenvalue weighted by atomic mass is 10.1. The molecule has 0 aliphatic rings. The fraction of sp³-hybridized carbons (Fsp3) is 0.867. The maximum Gasteiger partial charge on any atom is 0.460 e. The SMILES string of the molecule is C[N+](C)(CCCN(CCC(=O)[O-])S(=O)(=O)C(F)(F)C(F)(F)C(F)(F)C(F)(F)F)CCC(=O)[O-]. The first-order valence-corrected chi connectivity index (χ1v) is 10.3. The molecule has 0 bridgehead atoms. The molecule has 0 rings (SSSR count). The predicted molar refractivity (Wildman–Crippen MR) is 87.1 cm³/mol. The van der Waals surface area contributed by atoms with Crippen LogP contribution in [0.15, 0.2) is 0 Å². The summed E-state index contributed by atoms with van der Waals surface area (Å²) in [5.74, 6) is -18.4. The molecule has 0 unspecified atom stereocenters. The van der Waals surface area contributed by atoms with Gasteiger partial charge in [-0.05, 0) is 0 Å². The van der Waals surface area contributed by atoms with E-state index in [9.17, 15) is 67.7 Å². The van der Waals surface area contributed by atoms with Crippen LogP contribution in [0.2, 0.25) is 0 Å². The third kappa shape index (κ3) is 7.08. The van der Waals surface area contributed by atoms with E-state index in [1.54, 1.807) is 0 Å². The molecule has 0 saturated carbocycles. The Morgan fingerprint density at radius 3 is 1.64 bits per heavy atom. The number of sulfonamides is 1. The molecular weight excluding hydrogens is 507 g/mol. The van der Waals surface area contributed by atoms with Crippen LogP contribution >= 0.6 is 0 Å². The Balaban J connectivity index is 5.96. The molecule has 0 atom stereocenters. The summed E-state index contributed by atoms with van der Waals surface area (Å²) < 4.78 is 141. The third-order valence-corrected chi connectivity index (χ3v) is 6.39. The number of hydrogen-bond acceptors (Lipinski definition) is 6. The summed E-state index contributed by atoms with van der Waals surface area (Å²) in [6.07, 6.45) is -9.63. The smallest absolute Gasteiger partial charge is 0.460 e. The van der Waals surface area contributed by atoms with Crippen LogP contribution in [-0.2, 0) is 19.6 Å². The van der Waals surface area contributed by atoms with Gasteiger partial charge in [0.05, 0.1) is 27.2 Å². The molecule has 0 heterocycles. The van der Waals surface area contributed by atoms with Crippen LogP contribution < -0.4 is 10.2 Å². The number of aliphatic carboxylic acids is 2. The molecule has 0 aliphatic carbocycles. The molecule has 0 N–H and O–H groups in total. The van der Waals surface area contributed by atoms with Gasteiger partial charge >= 0.3 is 23.3 Å². The van der Waals surface area contributed by atoms with Crippen LogP contribution in [0.1, 0.15) is 19.3 Å². The average Bonchev–Trinajstić information content (AvgIpc) is 2.61. The molecule has 33 heavy (non-hydrogen) atoms. The van der Waals surface area contributed by atoms with E-state index in [0.29, 0.717) is 0 Å². The minimum absolute atomic E-state index is 0.125. The Morgan fingerprint density at radius 1 is 0.788 bits per heavy atom. The Bertz CT molecular complexity index is 815. The number of quaternary nitrogens is 1. The fourth-order valence-corrected chi connectivity index (χ4v) is 3.91. The molecule has 0 aromatic carbocycles. The number of carboxylic acid groups (broad SMARTS) is 2. The number of alkyl halides is 9. The van der Waals surface area contributed by atoms with Crippen molar-refractivity contribution in [3.05, 3.63) is 0 Å². The molecule has 0 radical (unpaired) electrons. The number of nitrogens with zero attached hydrogens (tertiary/aromatic N) is 2. The van der Waals surface area contributed by atoms with Crippen LogP contribution in [0.5, 0.6) is 0 Å². The van der Waals surface area contributed by atoms with Crippen LogP contribution in [0, 0.1) is 0 Å². The summed E-state index contributed by atoms with van der Waals surface area (Å²) in [6.45, 7) is -3.03. The lowest BCUT2D eigenvalue weighted by Gasteiger charge is -2.36. The topological polar surface area (TPSA) is 118 Å². The van der Waals surface area contributed by atoms with Gasteiger partial charge in [-0.25, -0.2) is 8.42 Å². The maximum atomic E-state index is 14.1. The molecular formula is C15H20F9N2O6S-. The molecule has 0 spiro atoms. The molecule has 18 heteroatoms. The molecule has 0 fully saturated rings. The zero-order valence-corrected chi connectivity index (χ0v) is 17.9. The van der Waals surface area contributed by atoms with Gasteiger partial charge in [0.1, 0.15) is 0 Å². The molecule has 0 amide bonds. The van der Waals surface area contributed by atoms with Crippen molar-refractivity contribution in [1.82, 2.24) is 4.31 Å². The van der Waals surface area contributed by atoms with Crippen molar-refractivity contribution in [2.24, 2.45) is 0 Å². The standard InChI is InChI=1S/C15H21F9N2O6S/c1-26(2,9-5-11(29)30)8-3-6-25(7-4-10(27)28)33(31,32)15(23,24)13(18,19)12(16,17)14(20,21)22/h3-9H2,1-2H3,(H-,27,28,29,30)/p-1. The zero-order chi connectivity index (χ0) is 26.7. The summed E-state index contributed by atoms with van der Waals surface area (Å²) in [5.41, 5.74) is 0. The van der Waals surface area contributed by atoms with Gasteiger partial charge in [0, 0.05) is 44.3 Å². The molecule has 8 nitrogen and oxygen atoms in total. The van der Waals surface area contributed by atoms with Crippen LogP contribution in [-0.4, -0.2) is 92.7 Å². The minimum Gasteiger partial charge on any atom is -0.550 e. The highest BCUT2D eigenvalue weighted by atomic mass is 32.2. The fourth-order valence-electron chi connectivity index (χ4n) is 2.43. The first-order chi connectivity index (χ1) is 14.4. The predicted octanol–water partition coefficient (Wildman–Crippen LogP) is -0.210. The summed E-state index contributed by atoms with van der Waals surface area (Å²) in [5, 5.41) is 14.1. The number of halogens is 9. The Hall–Kier alpha value is -1.82. The lowest BCUT2D eigenvalue weighted by molar-refractivity contribution is -0.890. The van der Waals surface area contributed by atoms with Gasteiger partial charge in [-0.3, -0.25) is 0 Å². The van der Waals surface area contributed by atoms with Crippen LogP contribution in [0.3, 0.4) is 0 Å².